The number of ether oxygens (including phenoxy) is 1. The van der Waals surface area contributed by atoms with Crippen LogP contribution in [0.2, 0.25) is 0 Å². The number of anilines is 1. The van der Waals surface area contributed by atoms with Gasteiger partial charge >= 0.3 is 6.09 Å². The van der Waals surface area contributed by atoms with Crippen molar-refractivity contribution < 1.29 is 9.53 Å². The van der Waals surface area contributed by atoms with Crippen LogP contribution in [0.5, 0.6) is 0 Å². The average Bonchev–Trinajstić information content (AvgIpc) is 4.05. The van der Waals surface area contributed by atoms with E-state index in [9.17, 15) is 4.79 Å². The fourth-order valence-corrected chi connectivity index (χ4v) is 7.47. The molecule has 8 bridgehead atoms. The SMILES string of the molecule is COC(=O)Nc1ccc(-c2c3nc(c(-c4ccc(C)cc4)c4ccc([nH]4)c(-c4ccc(C)cc4)c4nc(c(-c5ccc(C)cc5)c5ccc2[nH]5)C=C4)C=C3)cc1. The first-order chi connectivity index (χ1) is 27.3. The van der Waals surface area contributed by atoms with E-state index in [0.29, 0.717) is 5.69 Å². The monoisotopic (exact) mass is 729 g/mol. The van der Waals surface area contributed by atoms with Crippen molar-refractivity contribution in [3.05, 3.63) is 161 Å². The number of aromatic nitrogens is 4. The number of H-pyrrole nitrogens is 2. The minimum atomic E-state index is -0.523. The molecule has 5 heterocycles. The maximum Gasteiger partial charge on any atom is 0.411 e. The molecule has 0 saturated heterocycles. The first kappa shape index (κ1) is 34.5. The number of fused-ring (bicyclic) bond motifs is 8. The predicted octanol–water partition coefficient (Wildman–Crippen LogP) is 12.4. The van der Waals surface area contributed by atoms with Crippen LogP contribution in [0.15, 0.2) is 121 Å². The number of nitrogens with one attached hydrogen (secondary N) is 3. The van der Waals surface area contributed by atoms with Gasteiger partial charge in [0.1, 0.15) is 0 Å². The number of aromatic amines is 2. The number of aryl methyl sites for hydroxylation is 3. The molecule has 9 rings (SSSR count). The Kier molecular flexibility index (Phi) is 8.75. The molecule has 56 heavy (non-hydrogen) atoms. The first-order valence-electron chi connectivity index (χ1n) is 18.6. The maximum atomic E-state index is 12.0. The minimum absolute atomic E-state index is 0.523. The predicted molar refractivity (Wildman–Crippen MR) is 231 cm³/mol. The third-order valence-electron chi connectivity index (χ3n) is 10.4. The molecule has 4 aromatic carbocycles. The molecule has 0 fully saturated rings. The number of rotatable bonds is 5. The average molecular weight is 730 g/mol. The molecule has 0 radical (unpaired) electrons. The van der Waals surface area contributed by atoms with Gasteiger partial charge < -0.3 is 14.7 Å². The van der Waals surface area contributed by atoms with Gasteiger partial charge in [0, 0.05) is 50.0 Å². The number of benzene rings is 4. The minimum Gasteiger partial charge on any atom is -0.453 e. The smallest absolute Gasteiger partial charge is 0.411 e. The van der Waals surface area contributed by atoms with Crippen molar-refractivity contribution in [2.45, 2.75) is 20.8 Å². The Morgan fingerprint density at radius 2 is 0.732 bits per heavy atom. The summed E-state index contributed by atoms with van der Waals surface area (Å²) in [6, 6.07) is 42.1. The van der Waals surface area contributed by atoms with Crippen LogP contribution in [0.25, 0.3) is 90.9 Å². The fraction of sp³-hybridized carbons (Fsp3) is 0.0816. The highest BCUT2D eigenvalue weighted by Gasteiger charge is 2.19. The Hall–Kier alpha value is -7.25. The second-order valence-corrected chi connectivity index (χ2v) is 14.3. The van der Waals surface area contributed by atoms with Gasteiger partial charge in [-0.1, -0.05) is 102 Å². The molecule has 0 unspecified atom stereocenters. The molecule has 3 N–H and O–H groups in total. The van der Waals surface area contributed by atoms with Crippen molar-refractivity contribution in [2.75, 3.05) is 12.4 Å². The van der Waals surface area contributed by atoms with Gasteiger partial charge in [0.25, 0.3) is 0 Å². The second kappa shape index (κ2) is 14.2. The van der Waals surface area contributed by atoms with E-state index in [2.05, 4.69) is 157 Å². The van der Waals surface area contributed by atoms with E-state index in [0.717, 1.165) is 89.4 Å². The van der Waals surface area contributed by atoms with Gasteiger partial charge in [-0.15, -0.1) is 0 Å². The summed E-state index contributed by atoms with van der Waals surface area (Å²) in [6.07, 6.45) is 7.90. The van der Waals surface area contributed by atoms with E-state index in [1.165, 1.54) is 23.8 Å². The summed E-state index contributed by atoms with van der Waals surface area (Å²) in [7, 11) is 1.35. The molecule has 0 saturated carbocycles. The maximum absolute atomic E-state index is 12.0. The summed E-state index contributed by atoms with van der Waals surface area (Å²) >= 11 is 0. The summed E-state index contributed by atoms with van der Waals surface area (Å²) in [5.41, 5.74) is 19.4. The van der Waals surface area contributed by atoms with Gasteiger partial charge in [0.15, 0.2) is 0 Å². The van der Waals surface area contributed by atoms with Gasteiger partial charge in [0.2, 0.25) is 0 Å². The Bertz CT molecular complexity index is 2830. The summed E-state index contributed by atoms with van der Waals surface area (Å²) in [6.45, 7) is 6.31. The Balaban J connectivity index is 1.42. The number of hydrogen-bond donors (Lipinski definition) is 3. The topological polar surface area (TPSA) is 95.7 Å². The fourth-order valence-electron chi connectivity index (χ4n) is 7.47. The zero-order valence-corrected chi connectivity index (χ0v) is 31.6. The molecule has 0 aliphatic carbocycles. The number of carbonyl (C=O) groups is 1. The second-order valence-electron chi connectivity index (χ2n) is 14.3. The lowest BCUT2D eigenvalue weighted by atomic mass is 10.0. The normalized spacial score (nSPS) is 11.9. The highest BCUT2D eigenvalue weighted by atomic mass is 16.5. The number of hydrogen-bond acceptors (Lipinski definition) is 4. The lowest BCUT2D eigenvalue weighted by Gasteiger charge is -2.08. The van der Waals surface area contributed by atoms with Crippen LogP contribution in [0, 0.1) is 20.8 Å². The molecule has 7 nitrogen and oxygen atoms in total. The van der Waals surface area contributed by atoms with E-state index >= 15 is 0 Å². The van der Waals surface area contributed by atoms with Crippen molar-refractivity contribution in [1.82, 2.24) is 19.9 Å². The van der Waals surface area contributed by atoms with Crippen LogP contribution in [0.3, 0.4) is 0 Å². The van der Waals surface area contributed by atoms with Crippen LogP contribution in [0.1, 0.15) is 39.5 Å². The largest absolute Gasteiger partial charge is 0.453 e. The molecule has 0 atom stereocenters. The van der Waals surface area contributed by atoms with Crippen LogP contribution in [-0.2, 0) is 4.74 Å². The zero-order valence-electron chi connectivity index (χ0n) is 31.6. The molecule has 272 valence electrons. The number of carbonyl (C=O) groups excluding carboxylic acids is 1. The third kappa shape index (κ3) is 6.49. The van der Waals surface area contributed by atoms with E-state index in [4.69, 9.17) is 14.7 Å². The van der Waals surface area contributed by atoms with Crippen LogP contribution in [-0.4, -0.2) is 33.1 Å². The standard InChI is InChI=1S/C49H39N5O2/c1-29-5-11-32(12-6-29)45-37-21-23-39(51-37)46(33-13-7-30(2)8-14-33)41-25-27-43(53-41)48(35-17-19-36(20-18-35)50-49(55)56-4)44-28-26-42(54-44)47(40-24-22-38(45)52-40)34-15-9-31(3)10-16-34/h5-28,51,54H,1-4H3,(H,50,55). The number of amides is 1. The summed E-state index contributed by atoms with van der Waals surface area (Å²) in [5, 5.41) is 2.76. The van der Waals surface area contributed by atoms with Crippen LogP contribution >= 0.6 is 0 Å². The third-order valence-corrected chi connectivity index (χ3v) is 10.4. The number of nitrogens with zero attached hydrogens (tertiary/aromatic N) is 2. The highest BCUT2D eigenvalue weighted by molar-refractivity contribution is 6.00. The molecule has 2 aliphatic heterocycles. The molecule has 1 amide bonds. The molecule has 7 heteroatoms. The van der Waals surface area contributed by atoms with E-state index < -0.39 is 6.09 Å². The van der Waals surface area contributed by atoms with Crippen molar-refractivity contribution >= 4 is 58.2 Å². The molecular weight excluding hydrogens is 691 g/mol. The highest BCUT2D eigenvalue weighted by Crippen LogP contribution is 2.38. The van der Waals surface area contributed by atoms with Crippen molar-refractivity contribution in [3.8, 4) is 44.5 Å². The first-order valence-corrected chi connectivity index (χ1v) is 18.6. The molecule has 7 aromatic rings. The van der Waals surface area contributed by atoms with E-state index in [-0.39, 0.29) is 0 Å². The van der Waals surface area contributed by atoms with E-state index in [1.807, 2.05) is 24.3 Å². The molecule has 0 spiro atoms. The van der Waals surface area contributed by atoms with E-state index in [1.54, 1.807) is 0 Å². The Morgan fingerprint density at radius 1 is 0.446 bits per heavy atom. The van der Waals surface area contributed by atoms with Gasteiger partial charge in [-0.2, -0.15) is 0 Å². The summed E-state index contributed by atoms with van der Waals surface area (Å²) in [5.74, 6) is 0. The quantitative estimate of drug-likeness (QED) is 0.164. The van der Waals surface area contributed by atoms with Crippen molar-refractivity contribution in [3.63, 3.8) is 0 Å². The molecule has 3 aromatic heterocycles. The van der Waals surface area contributed by atoms with Gasteiger partial charge in [-0.25, -0.2) is 14.8 Å². The van der Waals surface area contributed by atoms with Crippen molar-refractivity contribution in [1.29, 1.82) is 0 Å². The van der Waals surface area contributed by atoms with Crippen LogP contribution in [0.4, 0.5) is 10.5 Å². The number of methoxy groups -OCH3 is 1. The molecular formula is C49H39N5O2. The van der Waals surface area contributed by atoms with Crippen LogP contribution < -0.4 is 5.32 Å². The Labute approximate surface area is 325 Å². The molecule has 2 aliphatic rings. The van der Waals surface area contributed by atoms with Gasteiger partial charge in [-0.3, -0.25) is 5.32 Å². The lowest BCUT2D eigenvalue weighted by molar-refractivity contribution is 0.187. The van der Waals surface area contributed by atoms with Crippen molar-refractivity contribution in [2.24, 2.45) is 0 Å². The zero-order chi connectivity index (χ0) is 38.3. The Morgan fingerprint density at radius 3 is 1.02 bits per heavy atom. The lowest BCUT2D eigenvalue weighted by Crippen LogP contribution is -2.10. The summed E-state index contributed by atoms with van der Waals surface area (Å²) < 4.78 is 4.83. The summed E-state index contributed by atoms with van der Waals surface area (Å²) in [4.78, 5) is 30.4. The van der Waals surface area contributed by atoms with Gasteiger partial charge in [-0.05, 0) is 104 Å². The van der Waals surface area contributed by atoms with Gasteiger partial charge in [0.05, 0.1) is 29.9 Å².